The number of rotatable bonds is 5. The third kappa shape index (κ3) is 4.35. The van der Waals surface area contributed by atoms with Crippen LogP contribution in [0.5, 0.6) is 5.75 Å². The van der Waals surface area contributed by atoms with Crippen LogP contribution in [0.3, 0.4) is 0 Å². The van der Waals surface area contributed by atoms with Crippen molar-refractivity contribution in [3.63, 3.8) is 0 Å². The average Bonchev–Trinajstić information content (AvgIpc) is 2.48. The maximum absolute atomic E-state index is 12.9. The van der Waals surface area contributed by atoms with Gasteiger partial charge in [-0.3, -0.25) is 0 Å². The zero-order chi connectivity index (χ0) is 15.3. The van der Waals surface area contributed by atoms with E-state index < -0.39 is 11.7 Å². The SMILES string of the molecule is OCC(COc1ccccc1C(F)(F)F)C1CCOCC1. The molecule has 1 fully saturated rings. The highest BCUT2D eigenvalue weighted by Gasteiger charge is 2.34. The molecule has 0 bridgehead atoms. The van der Waals surface area contributed by atoms with Gasteiger partial charge in [0.1, 0.15) is 5.75 Å². The molecule has 1 aromatic rings. The second kappa shape index (κ2) is 7.13. The maximum Gasteiger partial charge on any atom is 0.419 e. The third-order valence-electron chi connectivity index (χ3n) is 3.81. The molecule has 118 valence electrons. The molecule has 2 rings (SSSR count). The minimum absolute atomic E-state index is 0.0776. The van der Waals surface area contributed by atoms with Crippen molar-refractivity contribution in [2.24, 2.45) is 11.8 Å². The van der Waals surface area contributed by atoms with Gasteiger partial charge in [0.05, 0.1) is 12.2 Å². The molecule has 21 heavy (non-hydrogen) atoms. The molecule has 3 nitrogen and oxygen atoms in total. The Morgan fingerprint density at radius 3 is 2.52 bits per heavy atom. The Bertz CT molecular complexity index is 442. The van der Waals surface area contributed by atoms with Gasteiger partial charge < -0.3 is 14.6 Å². The van der Waals surface area contributed by atoms with Crippen LogP contribution >= 0.6 is 0 Å². The molecule has 0 radical (unpaired) electrons. The summed E-state index contributed by atoms with van der Waals surface area (Å²) in [4.78, 5) is 0. The molecule has 0 amide bonds. The van der Waals surface area contributed by atoms with E-state index >= 15 is 0 Å². The minimum atomic E-state index is -4.44. The fourth-order valence-electron chi connectivity index (χ4n) is 2.55. The first-order valence-electron chi connectivity index (χ1n) is 7.00. The van der Waals surface area contributed by atoms with Gasteiger partial charge in [0.25, 0.3) is 0 Å². The number of hydrogen-bond acceptors (Lipinski definition) is 3. The second-order valence-corrected chi connectivity index (χ2v) is 5.20. The fourth-order valence-corrected chi connectivity index (χ4v) is 2.55. The van der Waals surface area contributed by atoms with Gasteiger partial charge in [-0.2, -0.15) is 13.2 Å². The van der Waals surface area contributed by atoms with E-state index in [1.165, 1.54) is 18.2 Å². The molecule has 1 unspecified atom stereocenters. The van der Waals surface area contributed by atoms with Crippen molar-refractivity contribution in [2.45, 2.75) is 19.0 Å². The van der Waals surface area contributed by atoms with E-state index in [0.717, 1.165) is 18.9 Å². The van der Waals surface area contributed by atoms with Crippen LogP contribution in [0.2, 0.25) is 0 Å². The summed E-state index contributed by atoms with van der Waals surface area (Å²) in [6.07, 6.45) is -2.84. The Kier molecular flexibility index (Phi) is 5.47. The van der Waals surface area contributed by atoms with E-state index in [2.05, 4.69) is 0 Å². The van der Waals surface area contributed by atoms with Gasteiger partial charge in [0, 0.05) is 25.7 Å². The summed E-state index contributed by atoms with van der Waals surface area (Å²) in [5, 5.41) is 9.44. The molecule has 0 aromatic heterocycles. The van der Waals surface area contributed by atoms with Crippen LogP contribution in [0, 0.1) is 11.8 Å². The summed E-state index contributed by atoms with van der Waals surface area (Å²) in [7, 11) is 0. The highest BCUT2D eigenvalue weighted by atomic mass is 19.4. The lowest BCUT2D eigenvalue weighted by Crippen LogP contribution is -2.30. The van der Waals surface area contributed by atoms with Crippen LogP contribution in [-0.4, -0.2) is 31.5 Å². The lowest BCUT2D eigenvalue weighted by molar-refractivity contribution is -0.139. The highest BCUT2D eigenvalue weighted by Crippen LogP contribution is 2.36. The van der Waals surface area contributed by atoms with Crippen molar-refractivity contribution in [3.8, 4) is 5.75 Å². The van der Waals surface area contributed by atoms with Crippen LogP contribution in [0.4, 0.5) is 13.2 Å². The molecule has 1 aromatic carbocycles. The molecule has 0 spiro atoms. The molecule has 1 aliphatic rings. The maximum atomic E-state index is 12.9. The molecule has 1 saturated heterocycles. The standard InChI is InChI=1S/C15H19F3O3/c16-15(17,18)13-3-1-2-4-14(13)21-10-12(9-19)11-5-7-20-8-6-11/h1-4,11-12,19H,5-10H2. The normalized spacial score (nSPS) is 18.5. The highest BCUT2D eigenvalue weighted by molar-refractivity contribution is 5.35. The van der Waals surface area contributed by atoms with Gasteiger partial charge in [0.15, 0.2) is 0 Å². The Hall–Kier alpha value is -1.27. The molecule has 0 saturated carbocycles. The predicted molar refractivity (Wildman–Crippen MR) is 71.1 cm³/mol. The number of aliphatic hydroxyl groups is 1. The summed E-state index contributed by atoms with van der Waals surface area (Å²) in [6.45, 7) is 1.23. The number of ether oxygens (including phenoxy) is 2. The summed E-state index contributed by atoms with van der Waals surface area (Å²) in [5.74, 6) is -0.132. The zero-order valence-electron chi connectivity index (χ0n) is 11.6. The zero-order valence-corrected chi connectivity index (χ0v) is 11.6. The molecule has 1 heterocycles. The summed E-state index contributed by atoms with van der Waals surface area (Å²) >= 11 is 0. The van der Waals surface area contributed by atoms with Crippen molar-refractivity contribution in [3.05, 3.63) is 29.8 Å². The average molecular weight is 304 g/mol. The Morgan fingerprint density at radius 1 is 1.24 bits per heavy atom. The molecule has 0 aliphatic carbocycles. The van der Waals surface area contributed by atoms with Crippen molar-refractivity contribution in [1.29, 1.82) is 0 Å². The molecule has 1 atom stereocenters. The van der Waals surface area contributed by atoms with E-state index in [1.807, 2.05) is 0 Å². The number of alkyl halides is 3. The predicted octanol–water partition coefficient (Wildman–Crippen LogP) is 3.12. The van der Waals surface area contributed by atoms with E-state index in [0.29, 0.717) is 13.2 Å². The lowest BCUT2D eigenvalue weighted by atomic mass is 9.87. The molecule has 1 N–H and O–H groups in total. The van der Waals surface area contributed by atoms with Gasteiger partial charge in [-0.1, -0.05) is 12.1 Å². The van der Waals surface area contributed by atoms with Crippen LogP contribution in [0.25, 0.3) is 0 Å². The number of hydrogen-bond donors (Lipinski definition) is 1. The van der Waals surface area contributed by atoms with E-state index in [1.54, 1.807) is 0 Å². The van der Waals surface area contributed by atoms with Crippen LogP contribution < -0.4 is 4.74 Å². The van der Waals surface area contributed by atoms with Gasteiger partial charge in [-0.05, 0) is 30.9 Å². The Morgan fingerprint density at radius 2 is 1.90 bits per heavy atom. The second-order valence-electron chi connectivity index (χ2n) is 5.20. The van der Waals surface area contributed by atoms with Crippen molar-refractivity contribution in [1.82, 2.24) is 0 Å². The van der Waals surface area contributed by atoms with Crippen molar-refractivity contribution >= 4 is 0 Å². The largest absolute Gasteiger partial charge is 0.493 e. The number of aliphatic hydroxyl groups excluding tert-OH is 1. The summed E-state index contributed by atoms with van der Waals surface area (Å²) in [5.41, 5.74) is -0.784. The first-order chi connectivity index (χ1) is 10.0. The van der Waals surface area contributed by atoms with E-state index in [4.69, 9.17) is 9.47 Å². The number of para-hydroxylation sites is 1. The molecule has 6 heteroatoms. The van der Waals surface area contributed by atoms with Gasteiger partial charge in [0.2, 0.25) is 0 Å². The first-order valence-corrected chi connectivity index (χ1v) is 7.00. The number of halogens is 3. The van der Waals surface area contributed by atoms with Crippen LogP contribution in [0.15, 0.2) is 24.3 Å². The lowest BCUT2D eigenvalue weighted by Gasteiger charge is -2.29. The van der Waals surface area contributed by atoms with Crippen LogP contribution in [0.1, 0.15) is 18.4 Å². The third-order valence-corrected chi connectivity index (χ3v) is 3.81. The van der Waals surface area contributed by atoms with Crippen molar-refractivity contribution < 1.29 is 27.8 Å². The molecule has 1 aliphatic heterocycles. The summed E-state index contributed by atoms with van der Waals surface area (Å²) < 4.78 is 49.2. The van der Waals surface area contributed by atoms with Gasteiger partial charge in [-0.25, -0.2) is 0 Å². The minimum Gasteiger partial charge on any atom is -0.493 e. The topological polar surface area (TPSA) is 38.7 Å². The van der Waals surface area contributed by atoms with Crippen molar-refractivity contribution in [2.75, 3.05) is 26.4 Å². The van der Waals surface area contributed by atoms with E-state index in [9.17, 15) is 18.3 Å². The smallest absolute Gasteiger partial charge is 0.419 e. The first kappa shape index (κ1) is 16.1. The monoisotopic (exact) mass is 304 g/mol. The Balaban J connectivity index is 2.01. The van der Waals surface area contributed by atoms with E-state index in [-0.39, 0.29) is 30.8 Å². The van der Waals surface area contributed by atoms with Gasteiger partial charge >= 0.3 is 6.18 Å². The number of benzene rings is 1. The van der Waals surface area contributed by atoms with Gasteiger partial charge in [-0.15, -0.1) is 0 Å². The molecular weight excluding hydrogens is 285 g/mol. The van der Waals surface area contributed by atoms with Crippen LogP contribution in [-0.2, 0) is 10.9 Å². The molecular formula is C15H19F3O3. The fraction of sp³-hybridized carbons (Fsp3) is 0.600. The Labute approximate surface area is 121 Å². The summed E-state index contributed by atoms with van der Waals surface area (Å²) in [6, 6.07) is 5.14. The quantitative estimate of drug-likeness (QED) is 0.908.